The summed E-state index contributed by atoms with van der Waals surface area (Å²) < 4.78 is 12.3. The first-order chi connectivity index (χ1) is 14.2. The number of rotatable bonds is 5. The number of aromatic nitrogens is 2. The number of nitriles is 1. The molecule has 144 valence electrons. The number of methoxy groups -OCH3 is 1. The first-order valence-electron chi connectivity index (χ1n) is 9.25. The van der Waals surface area contributed by atoms with E-state index in [0.29, 0.717) is 27.6 Å². The van der Waals surface area contributed by atoms with Gasteiger partial charge >= 0.3 is 0 Å². The maximum Gasteiger partial charge on any atom is 0.257 e. The molecule has 3 aromatic rings. The highest BCUT2D eigenvalue weighted by Crippen LogP contribution is 2.31. The van der Waals surface area contributed by atoms with Crippen molar-refractivity contribution in [1.82, 2.24) is 4.98 Å². The third-order valence-electron chi connectivity index (χ3n) is 4.87. The Balaban J connectivity index is 1.61. The minimum Gasteiger partial charge on any atom is -0.619 e. The molecule has 1 aliphatic carbocycles. The maximum absolute atomic E-state index is 11.2. The van der Waals surface area contributed by atoms with Crippen molar-refractivity contribution in [3.05, 3.63) is 88.5 Å². The van der Waals surface area contributed by atoms with Crippen molar-refractivity contribution in [2.45, 2.75) is 18.9 Å². The molecule has 0 aliphatic heterocycles. The standard InChI is InChI=1S/C23H19N3O3/c1-28-22-7-6-21(19(15-24)12-16-8-10-26(27)11-9-16)25-23(22)29-20-13-17-4-2-3-5-18(17)14-20/h2-12,20H,13-14H2,1H3. The molecule has 0 fully saturated rings. The SMILES string of the molecule is COc1ccc(C(C#N)=Cc2cc[n+]([O-])cc2)nc1OC1Cc2ccccc2C1. The highest BCUT2D eigenvalue weighted by Gasteiger charge is 2.24. The molecule has 0 atom stereocenters. The van der Waals surface area contributed by atoms with E-state index >= 15 is 0 Å². The summed E-state index contributed by atoms with van der Waals surface area (Å²) >= 11 is 0. The lowest BCUT2D eigenvalue weighted by Gasteiger charge is -2.15. The van der Waals surface area contributed by atoms with Crippen LogP contribution in [0.5, 0.6) is 11.6 Å². The van der Waals surface area contributed by atoms with E-state index < -0.39 is 0 Å². The van der Waals surface area contributed by atoms with E-state index in [1.807, 2.05) is 12.1 Å². The average molecular weight is 385 g/mol. The summed E-state index contributed by atoms with van der Waals surface area (Å²) in [5.41, 5.74) is 4.16. The van der Waals surface area contributed by atoms with Gasteiger partial charge in [-0.3, -0.25) is 0 Å². The fourth-order valence-corrected chi connectivity index (χ4v) is 3.43. The summed E-state index contributed by atoms with van der Waals surface area (Å²) in [6.45, 7) is 0. The smallest absolute Gasteiger partial charge is 0.257 e. The molecule has 2 aromatic heterocycles. The van der Waals surface area contributed by atoms with Crippen LogP contribution in [0.4, 0.5) is 0 Å². The quantitative estimate of drug-likeness (QED) is 0.382. The van der Waals surface area contributed by atoms with Crippen LogP contribution in [0, 0.1) is 16.5 Å². The monoisotopic (exact) mass is 385 g/mol. The fraction of sp³-hybridized carbons (Fsp3) is 0.174. The molecular weight excluding hydrogens is 366 g/mol. The number of ether oxygens (including phenoxy) is 2. The van der Waals surface area contributed by atoms with E-state index in [-0.39, 0.29) is 6.10 Å². The molecule has 0 saturated carbocycles. The Morgan fingerprint density at radius 2 is 1.83 bits per heavy atom. The normalized spacial score (nSPS) is 13.6. The van der Waals surface area contributed by atoms with Gasteiger partial charge in [-0.15, -0.1) is 0 Å². The van der Waals surface area contributed by atoms with Crippen molar-refractivity contribution in [3.63, 3.8) is 0 Å². The summed E-state index contributed by atoms with van der Waals surface area (Å²) in [5.74, 6) is 0.892. The molecule has 6 heteroatoms. The molecule has 0 amide bonds. The van der Waals surface area contributed by atoms with Gasteiger partial charge in [0.25, 0.3) is 5.88 Å². The largest absolute Gasteiger partial charge is 0.619 e. The zero-order chi connectivity index (χ0) is 20.2. The molecule has 0 spiro atoms. The van der Waals surface area contributed by atoms with Gasteiger partial charge in [0.1, 0.15) is 12.2 Å². The van der Waals surface area contributed by atoms with E-state index in [1.165, 1.54) is 23.5 Å². The van der Waals surface area contributed by atoms with Crippen LogP contribution in [0.2, 0.25) is 0 Å². The summed E-state index contributed by atoms with van der Waals surface area (Å²) in [6, 6.07) is 17.2. The first kappa shape index (κ1) is 18.5. The Bertz CT molecular complexity index is 1080. The van der Waals surface area contributed by atoms with Gasteiger partial charge in [0.05, 0.1) is 18.4 Å². The Kier molecular flexibility index (Phi) is 5.12. The van der Waals surface area contributed by atoms with Gasteiger partial charge in [0, 0.05) is 25.0 Å². The van der Waals surface area contributed by atoms with E-state index in [4.69, 9.17) is 9.47 Å². The molecule has 4 rings (SSSR count). The molecule has 2 heterocycles. The summed E-state index contributed by atoms with van der Waals surface area (Å²) in [6.07, 6.45) is 6.05. The lowest BCUT2D eigenvalue weighted by Crippen LogP contribution is -2.23. The third-order valence-corrected chi connectivity index (χ3v) is 4.87. The van der Waals surface area contributed by atoms with Crippen molar-refractivity contribution in [2.75, 3.05) is 7.11 Å². The second kappa shape index (κ2) is 8.03. The zero-order valence-electron chi connectivity index (χ0n) is 15.9. The van der Waals surface area contributed by atoms with E-state index in [2.05, 4.69) is 23.2 Å². The minimum atomic E-state index is -0.0276. The lowest BCUT2D eigenvalue weighted by atomic mass is 10.1. The fourth-order valence-electron chi connectivity index (χ4n) is 3.43. The number of nitrogens with zero attached hydrogens (tertiary/aromatic N) is 3. The Morgan fingerprint density at radius 1 is 1.14 bits per heavy atom. The van der Waals surface area contributed by atoms with Crippen LogP contribution < -0.4 is 14.2 Å². The molecular formula is C23H19N3O3. The number of pyridine rings is 2. The van der Waals surface area contributed by atoms with Crippen molar-refractivity contribution >= 4 is 11.6 Å². The van der Waals surface area contributed by atoms with Crippen LogP contribution in [-0.4, -0.2) is 18.2 Å². The second-order valence-electron chi connectivity index (χ2n) is 6.78. The summed E-state index contributed by atoms with van der Waals surface area (Å²) in [4.78, 5) is 4.55. The molecule has 0 radical (unpaired) electrons. The molecule has 6 nitrogen and oxygen atoms in total. The molecule has 0 N–H and O–H groups in total. The predicted octanol–water partition coefficient (Wildman–Crippen LogP) is 3.33. The van der Waals surface area contributed by atoms with Crippen LogP contribution in [0.25, 0.3) is 11.6 Å². The van der Waals surface area contributed by atoms with Crippen LogP contribution in [-0.2, 0) is 12.8 Å². The summed E-state index contributed by atoms with van der Waals surface area (Å²) in [5, 5.41) is 20.8. The van der Waals surface area contributed by atoms with Crippen LogP contribution in [0.15, 0.2) is 60.9 Å². The Hall–Kier alpha value is -3.85. The van der Waals surface area contributed by atoms with Gasteiger partial charge in [-0.25, -0.2) is 4.98 Å². The molecule has 29 heavy (non-hydrogen) atoms. The minimum absolute atomic E-state index is 0.0276. The van der Waals surface area contributed by atoms with Crippen molar-refractivity contribution in [3.8, 4) is 17.7 Å². The van der Waals surface area contributed by atoms with Gasteiger partial charge < -0.3 is 14.7 Å². The molecule has 1 aromatic carbocycles. The van der Waals surface area contributed by atoms with Gasteiger partial charge in [0.15, 0.2) is 18.1 Å². The second-order valence-corrected chi connectivity index (χ2v) is 6.78. The van der Waals surface area contributed by atoms with E-state index in [1.54, 1.807) is 37.5 Å². The molecule has 0 unspecified atom stereocenters. The third kappa shape index (κ3) is 4.04. The number of hydrogen-bond acceptors (Lipinski definition) is 5. The number of allylic oxidation sites excluding steroid dienone is 1. The topological polar surface area (TPSA) is 82.1 Å². The highest BCUT2D eigenvalue weighted by molar-refractivity contribution is 5.88. The van der Waals surface area contributed by atoms with Gasteiger partial charge in [-0.05, 0) is 34.9 Å². The Labute approximate surface area is 168 Å². The van der Waals surface area contributed by atoms with Gasteiger partial charge in [-0.2, -0.15) is 9.99 Å². The summed E-state index contributed by atoms with van der Waals surface area (Å²) in [7, 11) is 1.57. The molecule has 1 aliphatic rings. The first-order valence-corrected chi connectivity index (χ1v) is 9.25. The van der Waals surface area contributed by atoms with Crippen LogP contribution in [0.1, 0.15) is 22.4 Å². The lowest BCUT2D eigenvalue weighted by molar-refractivity contribution is -0.605. The van der Waals surface area contributed by atoms with Crippen molar-refractivity contribution < 1.29 is 14.2 Å². The zero-order valence-corrected chi connectivity index (χ0v) is 15.9. The predicted molar refractivity (Wildman–Crippen MR) is 108 cm³/mol. The van der Waals surface area contributed by atoms with Crippen molar-refractivity contribution in [2.24, 2.45) is 0 Å². The van der Waals surface area contributed by atoms with Gasteiger partial charge in [-0.1, -0.05) is 24.3 Å². The molecule has 0 bridgehead atoms. The van der Waals surface area contributed by atoms with Crippen molar-refractivity contribution in [1.29, 1.82) is 5.26 Å². The molecule has 0 saturated heterocycles. The number of hydrogen-bond donors (Lipinski definition) is 0. The maximum atomic E-state index is 11.2. The Morgan fingerprint density at radius 3 is 2.45 bits per heavy atom. The van der Waals surface area contributed by atoms with E-state index in [9.17, 15) is 10.5 Å². The van der Waals surface area contributed by atoms with Gasteiger partial charge in [0.2, 0.25) is 0 Å². The van der Waals surface area contributed by atoms with Crippen LogP contribution >= 0.6 is 0 Å². The number of benzene rings is 1. The van der Waals surface area contributed by atoms with E-state index in [0.717, 1.165) is 18.4 Å². The van der Waals surface area contributed by atoms with Crippen LogP contribution in [0.3, 0.4) is 0 Å². The average Bonchev–Trinajstić information content (AvgIpc) is 3.15. The number of fused-ring (bicyclic) bond motifs is 1. The highest BCUT2D eigenvalue weighted by atomic mass is 16.5.